The molecule has 1 aromatic carbocycles. The van der Waals surface area contributed by atoms with Gasteiger partial charge in [0.2, 0.25) is 0 Å². The van der Waals surface area contributed by atoms with Crippen LogP contribution in [0, 0.1) is 0 Å². The van der Waals surface area contributed by atoms with E-state index >= 15 is 0 Å². The van der Waals surface area contributed by atoms with Crippen LogP contribution in [0.3, 0.4) is 0 Å². The number of hydrogen-bond donors (Lipinski definition) is 1. The molecular weight excluding hydrogens is 338 g/mol. The van der Waals surface area contributed by atoms with E-state index in [9.17, 15) is 0 Å². The first-order valence-electron chi connectivity index (χ1n) is 5.33. The van der Waals surface area contributed by atoms with Crippen molar-refractivity contribution in [3.05, 3.63) is 33.4 Å². The molecule has 0 atom stereocenters. The predicted octanol–water partition coefficient (Wildman–Crippen LogP) is 3.96. The lowest BCUT2D eigenvalue weighted by Crippen LogP contribution is -2.02. The second kappa shape index (κ2) is 6.36. The Morgan fingerprint density at radius 1 is 1.50 bits per heavy atom. The standard InChI is InChI=1S/C11H11BrClN3OS/c1-2-14-11-9(15-16-18-11)6-17-10-4-3-7(13)5-8(10)12/h3-5,14H,2,6H2,1H3. The summed E-state index contributed by atoms with van der Waals surface area (Å²) in [6, 6.07) is 5.40. The Hall–Kier alpha value is -0.850. The van der Waals surface area contributed by atoms with Crippen LogP contribution in [0.25, 0.3) is 0 Å². The smallest absolute Gasteiger partial charge is 0.136 e. The number of rotatable bonds is 5. The first-order valence-corrected chi connectivity index (χ1v) is 7.28. The summed E-state index contributed by atoms with van der Waals surface area (Å²) in [6.45, 7) is 3.24. The molecular formula is C11H11BrClN3OS. The fourth-order valence-electron chi connectivity index (χ4n) is 1.34. The molecule has 0 bridgehead atoms. The lowest BCUT2D eigenvalue weighted by atomic mass is 10.3. The van der Waals surface area contributed by atoms with Crippen LogP contribution < -0.4 is 10.1 Å². The number of ether oxygens (including phenoxy) is 1. The van der Waals surface area contributed by atoms with Gasteiger partial charge in [-0.2, -0.15) is 0 Å². The molecule has 1 N–H and O–H groups in total. The monoisotopic (exact) mass is 347 g/mol. The average Bonchev–Trinajstić information content (AvgIpc) is 2.76. The zero-order valence-electron chi connectivity index (χ0n) is 9.61. The van der Waals surface area contributed by atoms with E-state index in [1.165, 1.54) is 11.5 Å². The maximum atomic E-state index is 5.87. The first-order chi connectivity index (χ1) is 8.70. The van der Waals surface area contributed by atoms with Crippen molar-refractivity contribution in [2.24, 2.45) is 0 Å². The Balaban J connectivity index is 2.04. The molecule has 96 valence electrons. The highest BCUT2D eigenvalue weighted by Crippen LogP contribution is 2.29. The van der Waals surface area contributed by atoms with E-state index in [4.69, 9.17) is 16.3 Å². The molecule has 0 aliphatic carbocycles. The normalized spacial score (nSPS) is 10.4. The van der Waals surface area contributed by atoms with Crippen LogP contribution in [0.1, 0.15) is 12.6 Å². The van der Waals surface area contributed by atoms with E-state index in [-0.39, 0.29) is 0 Å². The zero-order valence-corrected chi connectivity index (χ0v) is 12.8. The molecule has 7 heteroatoms. The number of aromatic nitrogens is 2. The Labute approximate surface area is 123 Å². The molecule has 1 aromatic heterocycles. The highest BCUT2D eigenvalue weighted by Gasteiger charge is 2.09. The molecule has 0 aliphatic rings. The molecule has 0 unspecified atom stereocenters. The summed E-state index contributed by atoms with van der Waals surface area (Å²) < 4.78 is 10.4. The summed E-state index contributed by atoms with van der Waals surface area (Å²) in [6.07, 6.45) is 0. The minimum Gasteiger partial charge on any atom is -0.486 e. The molecule has 0 amide bonds. The summed E-state index contributed by atoms with van der Waals surface area (Å²) in [7, 11) is 0. The van der Waals surface area contributed by atoms with Gasteiger partial charge < -0.3 is 10.1 Å². The summed E-state index contributed by atoms with van der Waals surface area (Å²) in [5.74, 6) is 0.731. The van der Waals surface area contributed by atoms with Gasteiger partial charge >= 0.3 is 0 Å². The van der Waals surface area contributed by atoms with E-state index in [0.29, 0.717) is 11.6 Å². The van der Waals surface area contributed by atoms with Gasteiger partial charge in [0.15, 0.2) is 0 Å². The van der Waals surface area contributed by atoms with Crippen molar-refractivity contribution in [3.63, 3.8) is 0 Å². The second-order valence-corrected chi connectivity index (χ2v) is 5.49. The van der Waals surface area contributed by atoms with Crippen molar-refractivity contribution in [2.75, 3.05) is 11.9 Å². The molecule has 0 saturated heterocycles. The van der Waals surface area contributed by atoms with E-state index < -0.39 is 0 Å². The molecule has 0 aliphatic heterocycles. The minimum absolute atomic E-state index is 0.374. The van der Waals surface area contributed by atoms with Gasteiger partial charge in [-0.25, -0.2) is 0 Å². The minimum atomic E-state index is 0.374. The third kappa shape index (κ3) is 3.34. The number of benzene rings is 1. The van der Waals surface area contributed by atoms with Crippen molar-refractivity contribution in [3.8, 4) is 5.75 Å². The topological polar surface area (TPSA) is 47.0 Å². The molecule has 2 aromatic rings. The molecule has 0 saturated carbocycles. The largest absolute Gasteiger partial charge is 0.486 e. The van der Waals surface area contributed by atoms with E-state index in [0.717, 1.165) is 27.5 Å². The number of nitrogens with zero attached hydrogens (tertiary/aromatic N) is 2. The molecule has 0 spiro atoms. The van der Waals surface area contributed by atoms with Crippen LogP contribution >= 0.6 is 39.1 Å². The van der Waals surface area contributed by atoms with Crippen LogP contribution in [0.15, 0.2) is 22.7 Å². The summed E-state index contributed by atoms with van der Waals surface area (Å²) in [4.78, 5) is 0. The molecule has 0 radical (unpaired) electrons. The van der Waals surface area contributed by atoms with Gasteiger partial charge in [-0.3, -0.25) is 0 Å². The van der Waals surface area contributed by atoms with E-state index in [1.807, 2.05) is 13.0 Å². The Morgan fingerprint density at radius 3 is 3.06 bits per heavy atom. The fraction of sp³-hybridized carbons (Fsp3) is 0.273. The number of anilines is 1. The van der Waals surface area contributed by atoms with E-state index in [2.05, 4.69) is 30.8 Å². The molecule has 0 fully saturated rings. The Bertz CT molecular complexity index is 535. The first kappa shape index (κ1) is 13.6. The predicted molar refractivity (Wildman–Crippen MR) is 77.6 cm³/mol. The maximum Gasteiger partial charge on any atom is 0.136 e. The van der Waals surface area contributed by atoms with Crippen LogP contribution in [0.4, 0.5) is 5.00 Å². The van der Waals surface area contributed by atoms with Gasteiger partial charge in [0.25, 0.3) is 0 Å². The molecule has 1 heterocycles. The maximum absolute atomic E-state index is 5.87. The van der Waals surface area contributed by atoms with Crippen LogP contribution in [-0.4, -0.2) is 16.1 Å². The third-order valence-corrected chi connectivity index (χ3v) is 3.73. The van der Waals surface area contributed by atoms with Crippen LogP contribution in [0.5, 0.6) is 5.75 Å². The third-order valence-electron chi connectivity index (χ3n) is 2.15. The highest BCUT2D eigenvalue weighted by atomic mass is 79.9. The molecule has 4 nitrogen and oxygen atoms in total. The van der Waals surface area contributed by atoms with Crippen molar-refractivity contribution in [1.29, 1.82) is 0 Å². The number of hydrogen-bond acceptors (Lipinski definition) is 5. The summed E-state index contributed by atoms with van der Waals surface area (Å²) in [5.41, 5.74) is 0.809. The quantitative estimate of drug-likeness (QED) is 0.888. The summed E-state index contributed by atoms with van der Waals surface area (Å²) in [5, 5.41) is 8.85. The van der Waals surface area contributed by atoms with Crippen molar-refractivity contribution in [2.45, 2.75) is 13.5 Å². The van der Waals surface area contributed by atoms with Gasteiger partial charge in [-0.1, -0.05) is 16.1 Å². The lowest BCUT2D eigenvalue weighted by Gasteiger charge is -2.08. The van der Waals surface area contributed by atoms with Gasteiger partial charge in [0.05, 0.1) is 4.47 Å². The lowest BCUT2D eigenvalue weighted by molar-refractivity contribution is 0.300. The summed E-state index contributed by atoms with van der Waals surface area (Å²) >= 11 is 10.6. The van der Waals surface area contributed by atoms with Crippen molar-refractivity contribution >= 4 is 44.1 Å². The number of nitrogens with one attached hydrogen (secondary N) is 1. The molecule has 2 rings (SSSR count). The molecule has 18 heavy (non-hydrogen) atoms. The SMILES string of the molecule is CCNc1snnc1COc1ccc(Cl)cc1Br. The van der Waals surface area contributed by atoms with Crippen molar-refractivity contribution < 1.29 is 4.74 Å². The van der Waals surface area contributed by atoms with Crippen LogP contribution in [0.2, 0.25) is 5.02 Å². The van der Waals surface area contributed by atoms with Gasteiger partial charge in [0.1, 0.15) is 23.1 Å². The fourth-order valence-corrected chi connectivity index (χ4v) is 2.77. The Kier molecular flexibility index (Phi) is 4.79. The average molecular weight is 349 g/mol. The van der Waals surface area contributed by atoms with Crippen molar-refractivity contribution in [1.82, 2.24) is 9.59 Å². The Morgan fingerprint density at radius 2 is 2.33 bits per heavy atom. The zero-order chi connectivity index (χ0) is 13.0. The van der Waals surface area contributed by atoms with Gasteiger partial charge in [-0.15, -0.1) is 5.10 Å². The van der Waals surface area contributed by atoms with Gasteiger partial charge in [0, 0.05) is 23.1 Å². The van der Waals surface area contributed by atoms with E-state index in [1.54, 1.807) is 12.1 Å². The highest BCUT2D eigenvalue weighted by molar-refractivity contribution is 9.10. The number of halogens is 2. The van der Waals surface area contributed by atoms with Gasteiger partial charge in [-0.05, 0) is 41.1 Å². The van der Waals surface area contributed by atoms with Crippen LogP contribution in [-0.2, 0) is 6.61 Å². The second-order valence-electron chi connectivity index (χ2n) is 3.44.